The maximum Gasteiger partial charge on any atom is 0.209 e. The smallest absolute Gasteiger partial charge is 0.209 e. The Morgan fingerprint density at radius 1 is 1.18 bits per heavy atom. The minimum absolute atomic E-state index is 0.0513. The molecule has 0 aliphatic heterocycles. The van der Waals surface area contributed by atoms with Crippen molar-refractivity contribution in [1.82, 2.24) is 10.0 Å². The van der Waals surface area contributed by atoms with Gasteiger partial charge >= 0.3 is 0 Å². The molecule has 0 amide bonds. The normalized spacial score (nSPS) is 23.7. The van der Waals surface area contributed by atoms with Crippen LogP contribution in [0.25, 0.3) is 0 Å². The van der Waals surface area contributed by atoms with Gasteiger partial charge in [-0.05, 0) is 37.5 Å². The van der Waals surface area contributed by atoms with Gasteiger partial charge in [0.15, 0.2) is 0 Å². The third kappa shape index (κ3) is 4.80. The largest absolute Gasteiger partial charge is 0.306 e. The Labute approximate surface area is 132 Å². The van der Waals surface area contributed by atoms with Crippen LogP contribution in [0.3, 0.4) is 0 Å². The zero-order chi connectivity index (χ0) is 16.2. The van der Waals surface area contributed by atoms with Crippen molar-refractivity contribution in [1.29, 1.82) is 5.26 Å². The van der Waals surface area contributed by atoms with Crippen LogP contribution in [0.15, 0.2) is 24.3 Å². The monoisotopic (exact) mass is 321 g/mol. The third-order valence-electron chi connectivity index (χ3n) is 4.14. The average Bonchev–Trinajstić information content (AvgIpc) is 2.48. The maximum absolute atomic E-state index is 11.5. The van der Waals surface area contributed by atoms with Gasteiger partial charge in [0.05, 0.1) is 17.9 Å². The fourth-order valence-electron chi connectivity index (χ4n) is 3.01. The van der Waals surface area contributed by atoms with E-state index in [-0.39, 0.29) is 18.1 Å². The van der Waals surface area contributed by atoms with Crippen molar-refractivity contribution in [2.24, 2.45) is 0 Å². The number of benzene rings is 1. The molecule has 3 atom stereocenters. The van der Waals surface area contributed by atoms with Crippen molar-refractivity contribution in [3.05, 3.63) is 35.4 Å². The maximum atomic E-state index is 11.5. The number of nitrogens with zero attached hydrogens (tertiary/aromatic N) is 1. The van der Waals surface area contributed by atoms with Crippen LogP contribution in [0, 0.1) is 11.3 Å². The van der Waals surface area contributed by atoms with Crippen LogP contribution < -0.4 is 10.0 Å². The minimum Gasteiger partial charge on any atom is -0.306 e. The average molecular weight is 321 g/mol. The number of nitrogens with one attached hydrogen (secondary N) is 2. The van der Waals surface area contributed by atoms with E-state index in [0.717, 1.165) is 31.2 Å². The van der Waals surface area contributed by atoms with E-state index in [2.05, 4.69) is 23.0 Å². The van der Waals surface area contributed by atoms with Crippen LogP contribution in [-0.2, 0) is 10.0 Å². The van der Waals surface area contributed by atoms with Gasteiger partial charge in [-0.2, -0.15) is 5.26 Å². The first-order valence-electron chi connectivity index (χ1n) is 7.62. The lowest BCUT2D eigenvalue weighted by atomic mass is 9.90. The van der Waals surface area contributed by atoms with Gasteiger partial charge in [-0.3, -0.25) is 0 Å². The number of hydrogen-bond donors (Lipinski definition) is 2. The Morgan fingerprint density at radius 2 is 1.77 bits per heavy atom. The van der Waals surface area contributed by atoms with Crippen LogP contribution in [0.1, 0.15) is 49.8 Å². The van der Waals surface area contributed by atoms with Gasteiger partial charge in [-0.15, -0.1) is 0 Å². The standard InChI is InChI=1S/C16H23N3O2S/c1-12(14-9-7-13(11-17)8-10-14)18-15-5-3-4-6-16(15)19-22(2,20)21/h7-10,12,15-16,18-19H,3-6H2,1-2H3/t12-,15+,16+/m0/s1. The van der Waals surface area contributed by atoms with Crippen molar-refractivity contribution in [3.8, 4) is 6.07 Å². The Hall–Kier alpha value is -1.42. The van der Waals surface area contributed by atoms with Gasteiger partial charge in [0.2, 0.25) is 10.0 Å². The molecule has 22 heavy (non-hydrogen) atoms. The Kier molecular flexibility index (Phi) is 5.57. The predicted molar refractivity (Wildman–Crippen MR) is 86.7 cm³/mol. The zero-order valence-electron chi connectivity index (χ0n) is 13.0. The SMILES string of the molecule is C[C@H](N[C@@H]1CCCC[C@H]1NS(C)(=O)=O)c1ccc(C#N)cc1. The molecule has 1 aromatic rings. The van der Waals surface area contributed by atoms with E-state index in [1.165, 1.54) is 6.26 Å². The van der Waals surface area contributed by atoms with E-state index >= 15 is 0 Å². The summed E-state index contributed by atoms with van der Waals surface area (Å²) in [4.78, 5) is 0. The molecule has 1 aromatic carbocycles. The predicted octanol–water partition coefficient (Wildman–Crippen LogP) is 2.07. The summed E-state index contributed by atoms with van der Waals surface area (Å²) in [5.41, 5.74) is 1.74. The summed E-state index contributed by atoms with van der Waals surface area (Å²) in [6.45, 7) is 2.06. The van der Waals surface area contributed by atoms with Crippen LogP contribution in [0.5, 0.6) is 0 Å². The molecule has 1 aliphatic carbocycles. The molecule has 6 heteroatoms. The first kappa shape index (κ1) is 16.9. The van der Waals surface area contributed by atoms with Crippen molar-refractivity contribution < 1.29 is 8.42 Å². The van der Waals surface area contributed by atoms with E-state index in [9.17, 15) is 8.42 Å². The molecule has 0 radical (unpaired) electrons. The molecule has 1 aliphatic rings. The zero-order valence-corrected chi connectivity index (χ0v) is 13.9. The molecular formula is C16H23N3O2S. The van der Waals surface area contributed by atoms with E-state index in [4.69, 9.17) is 5.26 Å². The molecule has 2 rings (SSSR count). The van der Waals surface area contributed by atoms with Gasteiger partial charge in [-0.1, -0.05) is 25.0 Å². The molecule has 120 valence electrons. The Bertz CT molecular complexity index is 634. The summed E-state index contributed by atoms with van der Waals surface area (Å²) in [6.07, 6.45) is 5.21. The van der Waals surface area contributed by atoms with E-state index < -0.39 is 10.0 Å². The van der Waals surface area contributed by atoms with Crippen molar-refractivity contribution in [2.45, 2.75) is 50.7 Å². The first-order chi connectivity index (χ1) is 10.4. The molecule has 2 N–H and O–H groups in total. The molecule has 0 aromatic heterocycles. The highest BCUT2D eigenvalue weighted by molar-refractivity contribution is 7.88. The number of rotatable bonds is 5. The molecule has 0 unspecified atom stereocenters. The van der Waals surface area contributed by atoms with Gasteiger partial charge < -0.3 is 5.32 Å². The van der Waals surface area contributed by atoms with Gasteiger partial charge in [0.1, 0.15) is 0 Å². The molecule has 0 bridgehead atoms. The lowest BCUT2D eigenvalue weighted by molar-refractivity contribution is 0.291. The second-order valence-corrected chi connectivity index (χ2v) is 7.79. The highest BCUT2D eigenvalue weighted by Gasteiger charge is 2.28. The lowest BCUT2D eigenvalue weighted by Gasteiger charge is -2.34. The van der Waals surface area contributed by atoms with E-state index in [0.29, 0.717) is 5.56 Å². The van der Waals surface area contributed by atoms with Crippen LogP contribution >= 0.6 is 0 Å². The Morgan fingerprint density at radius 3 is 2.32 bits per heavy atom. The van der Waals surface area contributed by atoms with Crippen LogP contribution in [0.4, 0.5) is 0 Å². The van der Waals surface area contributed by atoms with Gasteiger partial charge in [0, 0.05) is 18.1 Å². The topological polar surface area (TPSA) is 82.0 Å². The van der Waals surface area contributed by atoms with Gasteiger partial charge in [0.25, 0.3) is 0 Å². The third-order valence-corrected chi connectivity index (χ3v) is 4.87. The van der Waals surface area contributed by atoms with Gasteiger partial charge in [-0.25, -0.2) is 13.1 Å². The number of nitriles is 1. The molecule has 0 heterocycles. The van der Waals surface area contributed by atoms with Crippen LogP contribution in [-0.4, -0.2) is 26.8 Å². The quantitative estimate of drug-likeness (QED) is 0.870. The molecular weight excluding hydrogens is 298 g/mol. The summed E-state index contributed by atoms with van der Waals surface area (Å²) < 4.78 is 25.8. The molecule has 5 nitrogen and oxygen atoms in total. The fraction of sp³-hybridized carbons (Fsp3) is 0.562. The highest BCUT2D eigenvalue weighted by Crippen LogP contribution is 2.23. The second-order valence-electron chi connectivity index (χ2n) is 6.01. The molecule has 0 saturated heterocycles. The summed E-state index contributed by atoms with van der Waals surface area (Å²) in [6, 6.07) is 9.80. The summed E-state index contributed by atoms with van der Waals surface area (Å²) in [7, 11) is -3.19. The second kappa shape index (κ2) is 7.23. The summed E-state index contributed by atoms with van der Waals surface area (Å²) >= 11 is 0. The fourth-order valence-corrected chi connectivity index (χ4v) is 3.84. The van der Waals surface area contributed by atoms with Crippen molar-refractivity contribution >= 4 is 10.0 Å². The number of sulfonamides is 1. The van der Waals surface area contributed by atoms with Crippen LogP contribution in [0.2, 0.25) is 0 Å². The molecule has 1 fully saturated rings. The lowest BCUT2D eigenvalue weighted by Crippen LogP contribution is -2.51. The minimum atomic E-state index is -3.19. The Balaban J connectivity index is 2.04. The first-order valence-corrected chi connectivity index (χ1v) is 9.51. The van der Waals surface area contributed by atoms with Crippen molar-refractivity contribution in [2.75, 3.05) is 6.26 Å². The van der Waals surface area contributed by atoms with E-state index in [1.807, 2.05) is 12.1 Å². The van der Waals surface area contributed by atoms with E-state index in [1.54, 1.807) is 12.1 Å². The highest BCUT2D eigenvalue weighted by atomic mass is 32.2. The molecule has 0 spiro atoms. The summed E-state index contributed by atoms with van der Waals surface area (Å²) in [5.74, 6) is 0. The number of hydrogen-bond acceptors (Lipinski definition) is 4. The molecule has 1 saturated carbocycles. The summed E-state index contributed by atoms with van der Waals surface area (Å²) in [5, 5.41) is 12.4. The van der Waals surface area contributed by atoms with Crippen molar-refractivity contribution in [3.63, 3.8) is 0 Å².